The van der Waals surface area contributed by atoms with Crippen LogP contribution in [0, 0.1) is 17.8 Å². The van der Waals surface area contributed by atoms with E-state index >= 15 is 0 Å². The molecule has 0 amide bonds. The standard InChI is InChI=1S/C26H40O/c1-3-4-5-6-7-21-8-10-23(11-9-21)25-16-18-26(19-17-25)24-14-12-22(13-15-24)20(2)27/h12-15,21,23,25-26H,3-11,16-19H2,1-2H3/t21-,23-,25?,26?. The molecular formula is C26H40O. The van der Waals surface area contributed by atoms with Gasteiger partial charge in [0.15, 0.2) is 5.78 Å². The molecule has 0 radical (unpaired) electrons. The lowest BCUT2D eigenvalue weighted by Crippen LogP contribution is -2.25. The van der Waals surface area contributed by atoms with Gasteiger partial charge in [0.2, 0.25) is 0 Å². The van der Waals surface area contributed by atoms with E-state index in [9.17, 15) is 4.79 Å². The second kappa shape index (κ2) is 10.4. The fourth-order valence-electron chi connectivity index (χ4n) is 5.72. The molecule has 1 heteroatoms. The average Bonchev–Trinajstić information content (AvgIpc) is 2.72. The Morgan fingerprint density at radius 1 is 0.815 bits per heavy atom. The molecule has 1 aromatic rings. The Hall–Kier alpha value is -1.11. The largest absolute Gasteiger partial charge is 0.295 e. The van der Waals surface area contributed by atoms with E-state index in [0.717, 1.165) is 29.2 Å². The van der Waals surface area contributed by atoms with Crippen LogP contribution in [0.15, 0.2) is 24.3 Å². The summed E-state index contributed by atoms with van der Waals surface area (Å²) in [4.78, 5) is 11.5. The third-order valence-electron chi connectivity index (χ3n) is 7.58. The highest BCUT2D eigenvalue weighted by molar-refractivity contribution is 5.94. The molecule has 0 aliphatic heterocycles. The first-order valence-electron chi connectivity index (χ1n) is 11.8. The molecular weight excluding hydrogens is 328 g/mol. The van der Waals surface area contributed by atoms with Crippen molar-refractivity contribution >= 4 is 5.78 Å². The highest BCUT2D eigenvalue weighted by atomic mass is 16.1. The summed E-state index contributed by atoms with van der Waals surface area (Å²) >= 11 is 0. The van der Waals surface area contributed by atoms with Crippen LogP contribution in [0.3, 0.4) is 0 Å². The number of carbonyl (C=O) groups excluding carboxylic acids is 1. The molecule has 0 aromatic heterocycles. The zero-order valence-corrected chi connectivity index (χ0v) is 17.7. The van der Waals surface area contributed by atoms with E-state index in [-0.39, 0.29) is 5.78 Å². The maximum atomic E-state index is 11.5. The summed E-state index contributed by atoms with van der Waals surface area (Å²) in [6.07, 6.45) is 18.7. The second-order valence-electron chi connectivity index (χ2n) is 9.42. The van der Waals surface area contributed by atoms with Crippen molar-refractivity contribution in [2.75, 3.05) is 0 Å². The van der Waals surface area contributed by atoms with Crippen LogP contribution in [0.2, 0.25) is 0 Å². The summed E-state index contributed by atoms with van der Waals surface area (Å²) in [5.41, 5.74) is 2.30. The summed E-state index contributed by atoms with van der Waals surface area (Å²) in [7, 11) is 0. The van der Waals surface area contributed by atoms with Gasteiger partial charge in [-0.15, -0.1) is 0 Å². The van der Waals surface area contributed by atoms with Crippen LogP contribution in [-0.2, 0) is 0 Å². The number of unbranched alkanes of at least 4 members (excludes halogenated alkanes) is 3. The molecule has 1 aromatic carbocycles. The van der Waals surface area contributed by atoms with Crippen LogP contribution in [0.1, 0.15) is 119 Å². The molecule has 0 N–H and O–H groups in total. The quantitative estimate of drug-likeness (QED) is 0.336. The van der Waals surface area contributed by atoms with Gasteiger partial charge in [-0.05, 0) is 74.7 Å². The monoisotopic (exact) mass is 368 g/mol. The van der Waals surface area contributed by atoms with Crippen molar-refractivity contribution in [1.29, 1.82) is 0 Å². The molecule has 150 valence electrons. The van der Waals surface area contributed by atoms with Gasteiger partial charge in [-0.2, -0.15) is 0 Å². The molecule has 0 bridgehead atoms. The van der Waals surface area contributed by atoms with Gasteiger partial charge < -0.3 is 0 Å². The minimum atomic E-state index is 0.172. The fourth-order valence-corrected chi connectivity index (χ4v) is 5.72. The molecule has 0 spiro atoms. The van der Waals surface area contributed by atoms with Crippen LogP contribution in [0.4, 0.5) is 0 Å². The number of rotatable bonds is 8. The van der Waals surface area contributed by atoms with E-state index in [1.807, 2.05) is 12.1 Å². The van der Waals surface area contributed by atoms with Gasteiger partial charge in [0.1, 0.15) is 0 Å². The first-order chi connectivity index (χ1) is 13.2. The molecule has 3 rings (SSSR count). The topological polar surface area (TPSA) is 17.1 Å². The Labute approximate surface area is 167 Å². The molecule has 0 heterocycles. The highest BCUT2D eigenvalue weighted by Crippen LogP contribution is 2.44. The van der Waals surface area contributed by atoms with Gasteiger partial charge in [0.05, 0.1) is 0 Å². The summed E-state index contributed by atoms with van der Waals surface area (Å²) in [6.45, 7) is 3.96. The Morgan fingerprint density at radius 2 is 1.41 bits per heavy atom. The fraction of sp³-hybridized carbons (Fsp3) is 0.731. The molecule has 2 saturated carbocycles. The van der Waals surface area contributed by atoms with Crippen LogP contribution in [-0.4, -0.2) is 5.78 Å². The van der Waals surface area contributed by atoms with E-state index in [1.54, 1.807) is 6.92 Å². The Morgan fingerprint density at radius 3 is 1.96 bits per heavy atom. The van der Waals surface area contributed by atoms with Crippen molar-refractivity contribution in [1.82, 2.24) is 0 Å². The molecule has 2 fully saturated rings. The number of carbonyl (C=O) groups is 1. The minimum absolute atomic E-state index is 0.172. The average molecular weight is 369 g/mol. The van der Waals surface area contributed by atoms with E-state index in [0.29, 0.717) is 0 Å². The van der Waals surface area contributed by atoms with Gasteiger partial charge in [-0.25, -0.2) is 0 Å². The molecule has 0 saturated heterocycles. The third-order valence-corrected chi connectivity index (χ3v) is 7.58. The molecule has 2 aliphatic rings. The van der Waals surface area contributed by atoms with Crippen LogP contribution in [0.5, 0.6) is 0 Å². The number of Topliss-reactive ketones (excluding diaryl/α,β-unsaturated/α-hetero) is 1. The summed E-state index contributed by atoms with van der Waals surface area (Å²) in [6, 6.07) is 8.44. The van der Waals surface area contributed by atoms with Crippen molar-refractivity contribution in [2.45, 2.75) is 103 Å². The zero-order valence-electron chi connectivity index (χ0n) is 17.7. The summed E-state index contributed by atoms with van der Waals surface area (Å²) in [5, 5.41) is 0. The zero-order chi connectivity index (χ0) is 19.1. The lowest BCUT2D eigenvalue weighted by molar-refractivity contribution is 0.101. The van der Waals surface area contributed by atoms with Crippen LogP contribution in [0.25, 0.3) is 0 Å². The molecule has 27 heavy (non-hydrogen) atoms. The highest BCUT2D eigenvalue weighted by Gasteiger charge is 2.31. The molecule has 0 atom stereocenters. The number of hydrogen-bond acceptors (Lipinski definition) is 1. The van der Waals surface area contributed by atoms with Gasteiger partial charge in [-0.3, -0.25) is 4.79 Å². The smallest absolute Gasteiger partial charge is 0.159 e. The van der Waals surface area contributed by atoms with Gasteiger partial charge in [-0.1, -0.05) is 76.1 Å². The van der Waals surface area contributed by atoms with Crippen molar-refractivity contribution in [3.8, 4) is 0 Å². The lowest BCUT2D eigenvalue weighted by Gasteiger charge is -2.38. The first kappa shape index (κ1) is 20.6. The van der Waals surface area contributed by atoms with Crippen LogP contribution < -0.4 is 0 Å². The SMILES string of the molecule is CCCCCC[C@H]1CC[C@H](C2CCC(c3ccc(C(C)=O)cc3)CC2)CC1. The van der Waals surface area contributed by atoms with Gasteiger partial charge in [0.25, 0.3) is 0 Å². The predicted molar refractivity (Wildman–Crippen MR) is 115 cm³/mol. The van der Waals surface area contributed by atoms with Gasteiger partial charge >= 0.3 is 0 Å². The molecule has 2 aliphatic carbocycles. The van der Waals surface area contributed by atoms with Gasteiger partial charge in [0, 0.05) is 5.56 Å². The number of benzene rings is 1. The molecule has 0 unspecified atom stereocenters. The number of hydrogen-bond donors (Lipinski definition) is 0. The Bertz CT molecular complexity index is 556. The summed E-state index contributed by atoms with van der Waals surface area (Å²) < 4.78 is 0. The minimum Gasteiger partial charge on any atom is -0.295 e. The van der Waals surface area contributed by atoms with Crippen molar-refractivity contribution in [3.63, 3.8) is 0 Å². The van der Waals surface area contributed by atoms with Crippen molar-refractivity contribution in [2.24, 2.45) is 17.8 Å². The lowest BCUT2D eigenvalue weighted by atomic mass is 9.68. The first-order valence-corrected chi connectivity index (χ1v) is 11.8. The normalized spacial score (nSPS) is 28.8. The molecule has 1 nitrogen and oxygen atoms in total. The van der Waals surface area contributed by atoms with E-state index < -0.39 is 0 Å². The summed E-state index contributed by atoms with van der Waals surface area (Å²) in [5.74, 6) is 3.93. The third kappa shape index (κ3) is 5.93. The van der Waals surface area contributed by atoms with Crippen LogP contribution >= 0.6 is 0 Å². The Kier molecular flexibility index (Phi) is 7.97. The maximum absolute atomic E-state index is 11.5. The van der Waals surface area contributed by atoms with Crippen molar-refractivity contribution < 1.29 is 4.79 Å². The van der Waals surface area contributed by atoms with E-state index in [2.05, 4.69) is 19.1 Å². The Balaban J connectivity index is 1.39. The van der Waals surface area contributed by atoms with E-state index in [1.165, 1.54) is 89.0 Å². The number of ketones is 1. The maximum Gasteiger partial charge on any atom is 0.159 e. The second-order valence-corrected chi connectivity index (χ2v) is 9.42. The van der Waals surface area contributed by atoms with E-state index in [4.69, 9.17) is 0 Å². The predicted octanol–water partition coefficient (Wildman–Crippen LogP) is 7.94. The van der Waals surface area contributed by atoms with Crippen molar-refractivity contribution in [3.05, 3.63) is 35.4 Å².